The number of ether oxygens (including phenoxy) is 1. The van der Waals surface area contributed by atoms with Crippen LogP contribution in [-0.4, -0.2) is 17.1 Å². The Kier molecular flexibility index (Phi) is 4.13. The highest BCUT2D eigenvalue weighted by molar-refractivity contribution is 5.93. The summed E-state index contributed by atoms with van der Waals surface area (Å²) in [6.45, 7) is 3.62. The number of esters is 1. The third-order valence-corrected chi connectivity index (χ3v) is 2.37. The molecule has 19 heavy (non-hydrogen) atoms. The highest BCUT2D eigenvalue weighted by atomic mass is 16.5. The molecule has 2 aromatic rings. The Hall–Kier alpha value is -2.36. The largest absolute Gasteiger partial charge is 0.464 e. The van der Waals surface area contributed by atoms with Crippen LogP contribution in [0.4, 0.5) is 0 Å². The maximum absolute atomic E-state index is 11.8. The molecule has 0 saturated carbocycles. The molecule has 98 valence electrons. The highest BCUT2D eigenvalue weighted by Gasteiger charge is 2.15. The first-order valence-corrected chi connectivity index (χ1v) is 6.03. The van der Waals surface area contributed by atoms with Gasteiger partial charge in [0.15, 0.2) is 0 Å². The fourth-order valence-corrected chi connectivity index (χ4v) is 1.54. The number of furan rings is 1. The minimum absolute atomic E-state index is 0.155. The van der Waals surface area contributed by atoms with Crippen LogP contribution in [0.3, 0.4) is 0 Å². The van der Waals surface area contributed by atoms with Gasteiger partial charge >= 0.3 is 5.97 Å². The summed E-state index contributed by atoms with van der Waals surface area (Å²) in [5, 5.41) is 0. The fraction of sp³-hybridized carbons (Fsp3) is 0.200. The van der Waals surface area contributed by atoms with Gasteiger partial charge in [0.25, 0.3) is 0 Å². The Morgan fingerprint density at radius 3 is 2.89 bits per heavy atom. The highest BCUT2D eigenvalue weighted by Crippen LogP contribution is 2.16. The van der Waals surface area contributed by atoms with E-state index in [9.17, 15) is 4.79 Å². The van der Waals surface area contributed by atoms with Gasteiger partial charge in [-0.2, -0.15) is 0 Å². The second-order valence-corrected chi connectivity index (χ2v) is 4.27. The lowest BCUT2D eigenvalue weighted by Gasteiger charge is -2.06. The van der Waals surface area contributed by atoms with Crippen molar-refractivity contribution >= 4 is 18.1 Å². The van der Waals surface area contributed by atoms with Gasteiger partial charge in [-0.15, -0.1) is 0 Å². The molecule has 4 nitrogen and oxygen atoms in total. The molecule has 0 bridgehead atoms. The molecule has 0 aliphatic heterocycles. The first kappa shape index (κ1) is 13.1. The molecule has 2 rings (SSSR count). The lowest BCUT2D eigenvalue weighted by atomic mass is 10.2. The second kappa shape index (κ2) is 6.00. The van der Waals surface area contributed by atoms with Gasteiger partial charge in [-0.05, 0) is 43.7 Å². The summed E-state index contributed by atoms with van der Waals surface area (Å²) in [6.07, 6.45) is 8.31. The molecule has 0 aliphatic carbocycles. The third kappa shape index (κ3) is 3.55. The molecule has 0 fully saturated rings. The van der Waals surface area contributed by atoms with Gasteiger partial charge in [0.1, 0.15) is 11.3 Å². The SMILES string of the molecule is CC(C)OC(=O)c1ccoc1/C=C/c1cccnc1. The second-order valence-electron chi connectivity index (χ2n) is 4.27. The number of pyridine rings is 1. The molecule has 0 radical (unpaired) electrons. The predicted octanol–water partition coefficient (Wildman–Crippen LogP) is 3.41. The molecule has 0 N–H and O–H groups in total. The molecular weight excluding hydrogens is 242 g/mol. The number of hydrogen-bond donors (Lipinski definition) is 0. The average Bonchev–Trinajstić information content (AvgIpc) is 2.85. The van der Waals surface area contributed by atoms with E-state index in [1.807, 2.05) is 32.1 Å². The van der Waals surface area contributed by atoms with Crippen molar-refractivity contribution in [2.75, 3.05) is 0 Å². The first-order chi connectivity index (χ1) is 9.16. The summed E-state index contributed by atoms with van der Waals surface area (Å²) in [6, 6.07) is 5.36. The maximum atomic E-state index is 11.8. The van der Waals surface area contributed by atoms with E-state index < -0.39 is 0 Å². The summed E-state index contributed by atoms with van der Waals surface area (Å²) in [5.41, 5.74) is 1.36. The smallest absolute Gasteiger partial charge is 0.342 e. The molecule has 4 heteroatoms. The number of carbonyl (C=O) groups excluding carboxylic acids is 1. The van der Waals surface area contributed by atoms with Crippen LogP contribution in [0, 0.1) is 0 Å². The molecule has 0 spiro atoms. The van der Waals surface area contributed by atoms with Crippen molar-refractivity contribution < 1.29 is 13.9 Å². The van der Waals surface area contributed by atoms with Crippen molar-refractivity contribution in [3.05, 3.63) is 53.7 Å². The average molecular weight is 257 g/mol. The standard InChI is InChI=1S/C15H15NO3/c1-11(2)19-15(17)13-7-9-18-14(13)6-5-12-4-3-8-16-10-12/h3-11H,1-2H3/b6-5+. The molecule has 0 amide bonds. The van der Waals surface area contributed by atoms with Crippen LogP contribution in [0.5, 0.6) is 0 Å². The van der Waals surface area contributed by atoms with E-state index in [0.717, 1.165) is 5.56 Å². The van der Waals surface area contributed by atoms with E-state index in [0.29, 0.717) is 11.3 Å². The van der Waals surface area contributed by atoms with Crippen molar-refractivity contribution in [1.29, 1.82) is 0 Å². The van der Waals surface area contributed by atoms with E-state index in [-0.39, 0.29) is 12.1 Å². The molecule has 0 unspecified atom stereocenters. The van der Waals surface area contributed by atoms with Crippen molar-refractivity contribution in [2.45, 2.75) is 20.0 Å². The van der Waals surface area contributed by atoms with E-state index in [4.69, 9.17) is 9.15 Å². The van der Waals surface area contributed by atoms with Crippen LogP contribution in [0.1, 0.15) is 35.5 Å². The topological polar surface area (TPSA) is 52.3 Å². The van der Waals surface area contributed by atoms with Gasteiger partial charge in [-0.25, -0.2) is 4.79 Å². The summed E-state index contributed by atoms with van der Waals surface area (Å²) in [4.78, 5) is 15.8. The van der Waals surface area contributed by atoms with Gasteiger partial charge < -0.3 is 9.15 Å². The summed E-state index contributed by atoms with van der Waals surface area (Å²) in [7, 11) is 0. The van der Waals surface area contributed by atoms with Gasteiger partial charge in [0.05, 0.1) is 12.4 Å². The van der Waals surface area contributed by atoms with Gasteiger partial charge in [0, 0.05) is 12.4 Å². The van der Waals surface area contributed by atoms with Gasteiger partial charge in [-0.1, -0.05) is 6.07 Å². The Morgan fingerprint density at radius 1 is 1.37 bits per heavy atom. The Bertz CT molecular complexity index is 570. The van der Waals surface area contributed by atoms with Crippen LogP contribution < -0.4 is 0 Å². The number of aromatic nitrogens is 1. The molecule has 2 aromatic heterocycles. The number of nitrogens with zero attached hydrogens (tertiary/aromatic N) is 1. The molecule has 0 aromatic carbocycles. The van der Waals surface area contributed by atoms with E-state index in [1.54, 1.807) is 24.5 Å². The maximum Gasteiger partial charge on any atom is 0.342 e. The fourth-order valence-electron chi connectivity index (χ4n) is 1.54. The van der Waals surface area contributed by atoms with E-state index in [2.05, 4.69) is 4.98 Å². The van der Waals surface area contributed by atoms with Gasteiger partial charge in [-0.3, -0.25) is 4.98 Å². The molecule has 0 saturated heterocycles. The lowest BCUT2D eigenvalue weighted by molar-refractivity contribution is 0.0377. The number of carbonyl (C=O) groups is 1. The number of hydrogen-bond acceptors (Lipinski definition) is 4. The van der Waals surface area contributed by atoms with Crippen LogP contribution in [-0.2, 0) is 4.74 Å². The zero-order chi connectivity index (χ0) is 13.7. The predicted molar refractivity (Wildman–Crippen MR) is 72.4 cm³/mol. The zero-order valence-electron chi connectivity index (χ0n) is 10.9. The van der Waals surface area contributed by atoms with Crippen molar-refractivity contribution in [3.63, 3.8) is 0 Å². The summed E-state index contributed by atoms with van der Waals surface area (Å²) < 4.78 is 10.4. The molecular formula is C15H15NO3. The van der Waals surface area contributed by atoms with Crippen molar-refractivity contribution in [1.82, 2.24) is 4.98 Å². The normalized spacial score (nSPS) is 11.1. The zero-order valence-corrected chi connectivity index (χ0v) is 10.9. The summed E-state index contributed by atoms with van der Waals surface area (Å²) >= 11 is 0. The van der Waals surface area contributed by atoms with E-state index in [1.165, 1.54) is 6.26 Å². The lowest BCUT2D eigenvalue weighted by Crippen LogP contribution is -2.11. The van der Waals surface area contributed by atoms with Crippen LogP contribution >= 0.6 is 0 Å². The van der Waals surface area contributed by atoms with Crippen LogP contribution in [0.2, 0.25) is 0 Å². The Labute approximate surface area is 111 Å². The molecule has 2 heterocycles. The number of rotatable bonds is 4. The van der Waals surface area contributed by atoms with Crippen LogP contribution in [0.15, 0.2) is 41.3 Å². The van der Waals surface area contributed by atoms with E-state index >= 15 is 0 Å². The van der Waals surface area contributed by atoms with Crippen LogP contribution in [0.25, 0.3) is 12.2 Å². The minimum atomic E-state index is -0.380. The Morgan fingerprint density at radius 2 is 2.21 bits per heavy atom. The van der Waals surface area contributed by atoms with Gasteiger partial charge in [0.2, 0.25) is 0 Å². The molecule has 0 aliphatic rings. The third-order valence-electron chi connectivity index (χ3n) is 2.37. The first-order valence-electron chi connectivity index (χ1n) is 6.03. The summed E-state index contributed by atoms with van der Waals surface area (Å²) in [5.74, 6) is 0.101. The molecule has 0 atom stereocenters. The van der Waals surface area contributed by atoms with Crippen molar-refractivity contribution in [3.8, 4) is 0 Å². The Balaban J connectivity index is 2.16. The quantitative estimate of drug-likeness (QED) is 0.787. The minimum Gasteiger partial charge on any atom is -0.464 e. The van der Waals surface area contributed by atoms with Crippen molar-refractivity contribution in [2.24, 2.45) is 0 Å². The monoisotopic (exact) mass is 257 g/mol.